The fraction of sp³-hybridized carbons (Fsp3) is 0.538. The second kappa shape index (κ2) is 3.30. The highest BCUT2D eigenvalue weighted by Gasteiger charge is 2.09. The quantitative estimate of drug-likeness (QED) is 0.634. The summed E-state index contributed by atoms with van der Waals surface area (Å²) in [4.78, 5) is 0. The van der Waals surface area contributed by atoms with Crippen LogP contribution in [-0.2, 0) is 7.05 Å². The van der Waals surface area contributed by atoms with E-state index in [1.165, 1.54) is 22.7 Å². The normalized spacial score (nSPS) is 20.2. The van der Waals surface area contributed by atoms with Gasteiger partial charge in [0.2, 0.25) is 0 Å². The van der Waals surface area contributed by atoms with Gasteiger partial charge in [-0.15, -0.1) is 0 Å². The maximum atomic E-state index is 2.39. The molecule has 1 unspecified atom stereocenters. The molecule has 0 amide bonds. The van der Waals surface area contributed by atoms with Crippen molar-refractivity contribution in [1.82, 2.24) is 4.57 Å². The molecule has 0 saturated heterocycles. The van der Waals surface area contributed by atoms with Crippen LogP contribution in [0.3, 0.4) is 0 Å². The van der Waals surface area contributed by atoms with E-state index in [0.717, 1.165) is 0 Å². The predicted octanol–water partition coefficient (Wildman–Crippen LogP) is 1.75. The lowest BCUT2D eigenvalue weighted by atomic mass is 10.0. The molecule has 1 heteroatoms. The van der Waals surface area contributed by atoms with E-state index in [4.69, 9.17) is 0 Å². The van der Waals surface area contributed by atoms with Gasteiger partial charge in [-0.05, 0) is 29.5 Å². The highest BCUT2D eigenvalue weighted by molar-refractivity contribution is 5.40. The summed E-state index contributed by atoms with van der Waals surface area (Å²) in [5, 5.41) is 2.83. The lowest BCUT2D eigenvalue weighted by molar-refractivity contribution is 0.717. The number of hydrogen-bond donors (Lipinski definition) is 0. The third-order valence-electron chi connectivity index (χ3n) is 3.09. The summed E-state index contributed by atoms with van der Waals surface area (Å²) in [5.41, 5.74) is 1.44. The largest absolute Gasteiger partial charge is 0.348 e. The summed E-state index contributed by atoms with van der Waals surface area (Å²) < 4.78 is 2.34. The van der Waals surface area contributed by atoms with Crippen LogP contribution in [0.15, 0.2) is 6.07 Å². The van der Waals surface area contributed by atoms with E-state index in [1.54, 1.807) is 0 Å². The maximum absolute atomic E-state index is 2.39. The van der Waals surface area contributed by atoms with E-state index in [9.17, 15) is 0 Å². The van der Waals surface area contributed by atoms with Crippen LogP contribution in [0.25, 0.3) is 12.2 Å². The summed E-state index contributed by atoms with van der Waals surface area (Å²) in [6.07, 6.45) is 5.95. The van der Waals surface area contributed by atoms with Gasteiger partial charge in [-0.3, -0.25) is 0 Å². The Hall–Kier alpha value is -0.980. The number of hydrogen-bond acceptors (Lipinski definition) is 0. The topological polar surface area (TPSA) is 4.93 Å². The molecular formula is C13H19N. The first kappa shape index (κ1) is 9.57. The van der Waals surface area contributed by atoms with Crippen molar-refractivity contribution in [2.75, 3.05) is 0 Å². The molecule has 2 rings (SSSR count). The van der Waals surface area contributed by atoms with Crippen LogP contribution in [0.1, 0.15) is 38.8 Å². The monoisotopic (exact) mass is 189 g/mol. The van der Waals surface area contributed by atoms with Crippen molar-refractivity contribution in [3.8, 4) is 0 Å². The molecule has 1 atom stereocenters. The zero-order chi connectivity index (χ0) is 10.3. The van der Waals surface area contributed by atoms with Gasteiger partial charge in [-0.2, -0.15) is 0 Å². The molecule has 1 aliphatic rings. The van der Waals surface area contributed by atoms with Gasteiger partial charge in [-0.1, -0.05) is 32.9 Å². The Morgan fingerprint density at radius 2 is 2.14 bits per heavy atom. The Balaban J connectivity index is 2.69. The molecule has 0 aliphatic heterocycles. The molecule has 0 saturated carbocycles. The molecular weight excluding hydrogens is 170 g/mol. The zero-order valence-corrected chi connectivity index (χ0v) is 9.54. The Morgan fingerprint density at radius 3 is 2.79 bits per heavy atom. The van der Waals surface area contributed by atoms with Gasteiger partial charge in [0, 0.05) is 18.1 Å². The van der Waals surface area contributed by atoms with Crippen molar-refractivity contribution in [3.05, 3.63) is 22.3 Å². The molecule has 0 spiro atoms. The van der Waals surface area contributed by atoms with E-state index in [2.05, 4.69) is 50.6 Å². The fourth-order valence-electron chi connectivity index (χ4n) is 2.24. The summed E-state index contributed by atoms with van der Waals surface area (Å²) in [6.45, 7) is 6.79. The minimum Gasteiger partial charge on any atom is -0.348 e. The summed E-state index contributed by atoms with van der Waals surface area (Å²) in [7, 11) is 2.18. The van der Waals surface area contributed by atoms with Crippen molar-refractivity contribution in [1.29, 1.82) is 0 Å². The second-order valence-electron chi connectivity index (χ2n) is 4.71. The third kappa shape index (κ3) is 1.41. The van der Waals surface area contributed by atoms with E-state index in [-0.39, 0.29) is 0 Å². The average molecular weight is 189 g/mol. The summed E-state index contributed by atoms with van der Waals surface area (Å²) >= 11 is 0. The van der Waals surface area contributed by atoms with Crippen LogP contribution >= 0.6 is 0 Å². The number of rotatable bonds is 1. The minimum atomic E-state index is 0.614. The molecule has 1 aliphatic carbocycles. The molecule has 0 N–H and O–H groups in total. The van der Waals surface area contributed by atoms with Crippen molar-refractivity contribution in [3.63, 3.8) is 0 Å². The van der Waals surface area contributed by atoms with Gasteiger partial charge in [0.25, 0.3) is 0 Å². The van der Waals surface area contributed by atoms with E-state index < -0.39 is 0 Å². The smallest absolute Gasteiger partial charge is 0.0439 e. The lowest BCUT2D eigenvalue weighted by Crippen LogP contribution is -2.31. The molecule has 0 bridgehead atoms. The van der Waals surface area contributed by atoms with Gasteiger partial charge < -0.3 is 4.57 Å². The molecule has 76 valence electrons. The van der Waals surface area contributed by atoms with Crippen molar-refractivity contribution in [2.45, 2.75) is 33.1 Å². The highest BCUT2D eigenvalue weighted by Crippen LogP contribution is 2.12. The Morgan fingerprint density at radius 1 is 1.43 bits per heavy atom. The van der Waals surface area contributed by atoms with Gasteiger partial charge in [0.05, 0.1) is 0 Å². The van der Waals surface area contributed by atoms with Crippen LogP contribution in [-0.4, -0.2) is 4.57 Å². The fourth-order valence-corrected chi connectivity index (χ4v) is 2.24. The van der Waals surface area contributed by atoms with Crippen LogP contribution < -0.4 is 10.6 Å². The van der Waals surface area contributed by atoms with Gasteiger partial charge in [0.1, 0.15) is 0 Å². The van der Waals surface area contributed by atoms with Crippen LogP contribution in [0.2, 0.25) is 0 Å². The highest BCUT2D eigenvalue weighted by atomic mass is 14.9. The average Bonchev–Trinajstić information content (AvgIpc) is 2.44. The maximum Gasteiger partial charge on any atom is 0.0439 e. The SMILES string of the molecule is CC1C=c2c(cc(C(C)C)n2C)=CC1. The summed E-state index contributed by atoms with van der Waals surface area (Å²) in [5.74, 6) is 1.30. The van der Waals surface area contributed by atoms with Crippen molar-refractivity contribution >= 4 is 12.2 Å². The number of nitrogens with zero attached hydrogens (tertiary/aromatic N) is 1. The zero-order valence-electron chi connectivity index (χ0n) is 9.54. The first-order valence-corrected chi connectivity index (χ1v) is 5.47. The minimum absolute atomic E-state index is 0.614. The lowest BCUT2D eigenvalue weighted by Gasteiger charge is -2.08. The molecule has 1 aromatic heterocycles. The molecule has 1 heterocycles. The van der Waals surface area contributed by atoms with Crippen molar-refractivity contribution < 1.29 is 0 Å². The molecule has 0 aromatic carbocycles. The number of aromatic nitrogens is 1. The third-order valence-corrected chi connectivity index (χ3v) is 3.09. The first-order chi connectivity index (χ1) is 6.59. The summed E-state index contributed by atoms with van der Waals surface area (Å²) in [6, 6.07) is 2.34. The standard InChI is InChI=1S/C13H19N/c1-9(2)12-8-11-6-5-10(3)7-13(11)14(12)4/h6-10H,5H2,1-4H3. The second-order valence-corrected chi connectivity index (χ2v) is 4.71. The van der Waals surface area contributed by atoms with Gasteiger partial charge in [0.15, 0.2) is 0 Å². The first-order valence-electron chi connectivity index (χ1n) is 5.47. The molecule has 1 aromatic rings. The van der Waals surface area contributed by atoms with Crippen LogP contribution in [0.4, 0.5) is 0 Å². The molecule has 0 radical (unpaired) electrons. The van der Waals surface area contributed by atoms with Gasteiger partial charge >= 0.3 is 0 Å². The molecule has 1 nitrogen and oxygen atoms in total. The van der Waals surface area contributed by atoms with Crippen LogP contribution in [0.5, 0.6) is 0 Å². The van der Waals surface area contributed by atoms with Gasteiger partial charge in [-0.25, -0.2) is 0 Å². The Labute approximate surface area is 85.7 Å². The van der Waals surface area contributed by atoms with E-state index >= 15 is 0 Å². The number of fused-ring (bicyclic) bond motifs is 1. The van der Waals surface area contributed by atoms with Crippen molar-refractivity contribution in [2.24, 2.45) is 13.0 Å². The Kier molecular flexibility index (Phi) is 2.26. The molecule has 0 fully saturated rings. The van der Waals surface area contributed by atoms with Crippen LogP contribution in [0, 0.1) is 5.92 Å². The molecule has 14 heavy (non-hydrogen) atoms. The van der Waals surface area contributed by atoms with E-state index in [0.29, 0.717) is 11.8 Å². The predicted molar refractivity (Wildman–Crippen MR) is 61.5 cm³/mol. The van der Waals surface area contributed by atoms with E-state index in [1.807, 2.05) is 0 Å². The Bertz CT molecular complexity index is 448.